The Labute approximate surface area is 108 Å². The van der Waals surface area contributed by atoms with Crippen molar-refractivity contribution < 1.29 is 9.52 Å². The highest BCUT2D eigenvalue weighted by atomic mass is 16.3. The molecule has 1 aliphatic heterocycles. The molecule has 1 aromatic heterocycles. The van der Waals surface area contributed by atoms with E-state index in [1.165, 1.54) is 0 Å². The molecule has 1 aliphatic rings. The Hall–Kier alpha value is -1.49. The van der Waals surface area contributed by atoms with Gasteiger partial charge in [-0.15, -0.1) is 0 Å². The molecule has 18 heavy (non-hydrogen) atoms. The number of rotatable bonds is 4. The fourth-order valence-electron chi connectivity index (χ4n) is 2.09. The van der Waals surface area contributed by atoms with E-state index in [0.29, 0.717) is 13.1 Å². The van der Waals surface area contributed by atoms with Crippen molar-refractivity contribution in [2.24, 2.45) is 4.99 Å². The summed E-state index contributed by atoms with van der Waals surface area (Å²) in [7, 11) is 0. The molecule has 0 saturated carbocycles. The Morgan fingerprint density at radius 3 is 3.17 bits per heavy atom. The third kappa shape index (κ3) is 3.50. The van der Waals surface area contributed by atoms with Crippen molar-refractivity contribution >= 4 is 5.96 Å². The Bertz CT molecular complexity index is 376. The zero-order valence-corrected chi connectivity index (χ0v) is 10.8. The molecule has 1 aromatic rings. The van der Waals surface area contributed by atoms with Crippen molar-refractivity contribution in [1.29, 1.82) is 0 Å². The zero-order chi connectivity index (χ0) is 12.8. The van der Waals surface area contributed by atoms with E-state index in [2.05, 4.69) is 22.1 Å². The van der Waals surface area contributed by atoms with Gasteiger partial charge in [-0.05, 0) is 25.5 Å². The molecule has 0 spiro atoms. The number of furan rings is 1. The predicted octanol–water partition coefficient (Wildman–Crippen LogP) is 0.854. The van der Waals surface area contributed by atoms with Crippen LogP contribution in [0.2, 0.25) is 0 Å². The predicted molar refractivity (Wildman–Crippen MR) is 70.6 cm³/mol. The van der Waals surface area contributed by atoms with Crippen molar-refractivity contribution in [1.82, 2.24) is 10.2 Å². The highest BCUT2D eigenvalue weighted by Gasteiger charge is 2.22. The van der Waals surface area contributed by atoms with Gasteiger partial charge in [-0.25, -0.2) is 0 Å². The third-order valence-electron chi connectivity index (χ3n) is 3.00. The van der Waals surface area contributed by atoms with E-state index in [4.69, 9.17) is 4.42 Å². The minimum atomic E-state index is -0.223. The normalized spacial score (nSPS) is 20.4. The van der Waals surface area contributed by atoms with Gasteiger partial charge in [0.2, 0.25) is 0 Å². The summed E-state index contributed by atoms with van der Waals surface area (Å²) in [6, 6.07) is 3.85. The lowest BCUT2D eigenvalue weighted by Gasteiger charge is -2.20. The van der Waals surface area contributed by atoms with Gasteiger partial charge < -0.3 is 19.7 Å². The van der Waals surface area contributed by atoms with Crippen LogP contribution in [0.25, 0.3) is 0 Å². The van der Waals surface area contributed by atoms with Gasteiger partial charge in [-0.3, -0.25) is 4.99 Å². The molecule has 100 valence electrons. The first kappa shape index (κ1) is 13.0. The van der Waals surface area contributed by atoms with Crippen LogP contribution in [-0.4, -0.2) is 48.2 Å². The van der Waals surface area contributed by atoms with E-state index >= 15 is 0 Å². The minimum absolute atomic E-state index is 0.223. The van der Waals surface area contributed by atoms with Gasteiger partial charge in [-0.1, -0.05) is 0 Å². The fourth-order valence-corrected chi connectivity index (χ4v) is 2.09. The standard InChI is InChI=1S/C13H21N3O2/c1-2-14-13(16-8-6-11(17)10-16)15-7-5-12-4-3-9-18-12/h3-4,9,11,17H,2,5-8,10H2,1H3,(H,14,15)/t11-/m1/s1. The number of hydrogen-bond acceptors (Lipinski definition) is 3. The number of aliphatic imine (C=N–C) groups is 1. The van der Waals surface area contributed by atoms with Crippen molar-refractivity contribution in [3.63, 3.8) is 0 Å². The summed E-state index contributed by atoms with van der Waals surface area (Å²) < 4.78 is 5.27. The number of β-amino-alcohol motifs (C(OH)–C–C–N with tert-alkyl or cyclic N) is 1. The molecule has 0 aromatic carbocycles. The minimum Gasteiger partial charge on any atom is -0.469 e. The SMILES string of the molecule is CCNC(=NCCc1ccco1)N1CC[C@@H](O)C1. The summed E-state index contributed by atoms with van der Waals surface area (Å²) >= 11 is 0. The molecular formula is C13H21N3O2. The first-order valence-corrected chi connectivity index (χ1v) is 6.53. The number of aliphatic hydroxyl groups excluding tert-OH is 1. The highest BCUT2D eigenvalue weighted by Crippen LogP contribution is 2.09. The molecule has 2 N–H and O–H groups in total. The van der Waals surface area contributed by atoms with Crippen molar-refractivity contribution in [3.8, 4) is 0 Å². The maximum Gasteiger partial charge on any atom is 0.194 e. The molecule has 0 unspecified atom stereocenters. The molecule has 1 saturated heterocycles. The fraction of sp³-hybridized carbons (Fsp3) is 0.615. The average Bonchev–Trinajstić information content (AvgIpc) is 2.99. The van der Waals surface area contributed by atoms with Crippen LogP contribution in [0.3, 0.4) is 0 Å². The van der Waals surface area contributed by atoms with E-state index in [0.717, 1.165) is 37.7 Å². The molecule has 1 atom stereocenters. The zero-order valence-electron chi connectivity index (χ0n) is 10.8. The number of nitrogens with one attached hydrogen (secondary N) is 1. The molecule has 2 rings (SSSR count). The van der Waals surface area contributed by atoms with Gasteiger partial charge in [0.1, 0.15) is 5.76 Å². The molecule has 0 amide bonds. The smallest absolute Gasteiger partial charge is 0.194 e. The highest BCUT2D eigenvalue weighted by molar-refractivity contribution is 5.80. The van der Waals surface area contributed by atoms with Crippen molar-refractivity contribution in [2.75, 3.05) is 26.2 Å². The number of nitrogens with zero attached hydrogens (tertiary/aromatic N) is 2. The van der Waals surface area contributed by atoms with Gasteiger partial charge in [0, 0.05) is 32.6 Å². The van der Waals surface area contributed by atoms with Crippen molar-refractivity contribution in [3.05, 3.63) is 24.2 Å². The summed E-state index contributed by atoms with van der Waals surface area (Å²) in [6.45, 7) is 5.13. The number of aliphatic hydroxyl groups is 1. The van der Waals surface area contributed by atoms with Crippen LogP contribution in [0.15, 0.2) is 27.8 Å². The van der Waals surface area contributed by atoms with Gasteiger partial charge in [0.05, 0.1) is 12.4 Å². The largest absolute Gasteiger partial charge is 0.469 e. The first-order chi connectivity index (χ1) is 8.79. The van der Waals surface area contributed by atoms with Crippen LogP contribution < -0.4 is 5.32 Å². The lowest BCUT2D eigenvalue weighted by atomic mass is 10.3. The number of guanidine groups is 1. The van der Waals surface area contributed by atoms with Gasteiger partial charge >= 0.3 is 0 Å². The van der Waals surface area contributed by atoms with Crippen LogP contribution in [0.5, 0.6) is 0 Å². The van der Waals surface area contributed by atoms with Crippen LogP contribution in [0.1, 0.15) is 19.1 Å². The molecule has 0 aliphatic carbocycles. The monoisotopic (exact) mass is 251 g/mol. The van der Waals surface area contributed by atoms with Gasteiger partial charge in [0.25, 0.3) is 0 Å². The van der Waals surface area contributed by atoms with Crippen LogP contribution in [0.4, 0.5) is 0 Å². The van der Waals surface area contributed by atoms with E-state index in [1.807, 2.05) is 12.1 Å². The number of hydrogen-bond donors (Lipinski definition) is 2. The maximum atomic E-state index is 9.55. The molecule has 2 heterocycles. The molecule has 0 radical (unpaired) electrons. The van der Waals surface area contributed by atoms with Gasteiger partial charge in [-0.2, -0.15) is 0 Å². The molecule has 1 fully saturated rings. The summed E-state index contributed by atoms with van der Waals surface area (Å²) in [4.78, 5) is 6.67. The summed E-state index contributed by atoms with van der Waals surface area (Å²) in [5.41, 5.74) is 0. The molecule has 5 heteroatoms. The lowest BCUT2D eigenvalue weighted by Crippen LogP contribution is -2.40. The second-order valence-corrected chi connectivity index (χ2v) is 4.45. The van der Waals surface area contributed by atoms with Crippen LogP contribution in [0, 0.1) is 0 Å². The van der Waals surface area contributed by atoms with Gasteiger partial charge in [0.15, 0.2) is 5.96 Å². The number of likely N-dealkylation sites (tertiary alicyclic amines) is 1. The third-order valence-corrected chi connectivity index (χ3v) is 3.00. The first-order valence-electron chi connectivity index (χ1n) is 6.53. The quantitative estimate of drug-likeness (QED) is 0.615. The summed E-state index contributed by atoms with van der Waals surface area (Å²) in [6.07, 6.45) is 3.08. The topological polar surface area (TPSA) is 61.0 Å². The van der Waals surface area contributed by atoms with Crippen LogP contribution in [-0.2, 0) is 6.42 Å². The molecular weight excluding hydrogens is 230 g/mol. The lowest BCUT2D eigenvalue weighted by molar-refractivity contribution is 0.188. The van der Waals surface area contributed by atoms with E-state index in [1.54, 1.807) is 6.26 Å². The van der Waals surface area contributed by atoms with E-state index in [-0.39, 0.29) is 6.10 Å². The van der Waals surface area contributed by atoms with E-state index < -0.39 is 0 Å². The Kier molecular flexibility index (Phi) is 4.64. The average molecular weight is 251 g/mol. The Morgan fingerprint density at radius 2 is 2.56 bits per heavy atom. The second-order valence-electron chi connectivity index (χ2n) is 4.45. The molecule has 5 nitrogen and oxygen atoms in total. The summed E-state index contributed by atoms with van der Waals surface area (Å²) in [5, 5.41) is 12.8. The summed E-state index contributed by atoms with van der Waals surface area (Å²) in [5.74, 6) is 1.84. The molecule has 0 bridgehead atoms. The van der Waals surface area contributed by atoms with Crippen molar-refractivity contribution in [2.45, 2.75) is 25.9 Å². The maximum absolute atomic E-state index is 9.55. The van der Waals surface area contributed by atoms with Crippen LogP contribution >= 0.6 is 0 Å². The second kappa shape index (κ2) is 6.44. The Morgan fingerprint density at radius 1 is 1.67 bits per heavy atom. The Balaban J connectivity index is 1.88. The van der Waals surface area contributed by atoms with E-state index in [9.17, 15) is 5.11 Å².